The van der Waals surface area contributed by atoms with Crippen molar-refractivity contribution < 1.29 is 19.2 Å². The van der Waals surface area contributed by atoms with Crippen molar-refractivity contribution in [2.24, 2.45) is 7.05 Å². The second-order valence-electron chi connectivity index (χ2n) is 7.12. The van der Waals surface area contributed by atoms with Crippen molar-refractivity contribution >= 4 is 11.8 Å². The minimum Gasteiger partial charge on any atom is -0.490 e. The van der Waals surface area contributed by atoms with E-state index in [9.17, 15) is 14.9 Å². The summed E-state index contributed by atoms with van der Waals surface area (Å²) < 4.78 is 12.1. The highest BCUT2D eigenvalue weighted by atomic mass is 16.6. The Balaban J connectivity index is 2.46. The van der Waals surface area contributed by atoms with Gasteiger partial charge in [0.2, 0.25) is 5.75 Å². The third kappa shape index (κ3) is 4.96. The van der Waals surface area contributed by atoms with Crippen molar-refractivity contribution in [2.75, 3.05) is 7.11 Å². The first-order valence-electron chi connectivity index (χ1n) is 8.37. The van der Waals surface area contributed by atoms with E-state index in [0.717, 1.165) is 0 Å². The van der Waals surface area contributed by atoms with Gasteiger partial charge in [0.15, 0.2) is 0 Å². The van der Waals surface area contributed by atoms with Crippen molar-refractivity contribution in [1.82, 2.24) is 15.1 Å². The smallest absolute Gasteiger partial charge is 0.408 e. The Bertz CT molecular complexity index is 854. The molecule has 0 aliphatic heterocycles. The molecule has 0 saturated heterocycles. The molecule has 0 bridgehead atoms. The normalized spacial score (nSPS) is 12.4. The van der Waals surface area contributed by atoms with Gasteiger partial charge in [-0.05, 0) is 45.4 Å². The van der Waals surface area contributed by atoms with Crippen LogP contribution in [0.25, 0.3) is 11.3 Å². The Morgan fingerprint density at radius 2 is 2.04 bits per heavy atom. The van der Waals surface area contributed by atoms with Gasteiger partial charge in [-0.25, -0.2) is 4.79 Å². The van der Waals surface area contributed by atoms with Crippen LogP contribution in [-0.2, 0) is 11.8 Å². The van der Waals surface area contributed by atoms with Gasteiger partial charge in [-0.3, -0.25) is 14.8 Å². The molecule has 1 aromatic heterocycles. The fraction of sp³-hybridized carbons (Fsp3) is 0.444. The molecule has 0 radical (unpaired) electrons. The zero-order valence-electron chi connectivity index (χ0n) is 16.3. The molecule has 1 atom stereocenters. The number of nitro groups is 1. The van der Waals surface area contributed by atoms with E-state index < -0.39 is 22.7 Å². The second-order valence-corrected chi connectivity index (χ2v) is 7.12. The van der Waals surface area contributed by atoms with E-state index in [1.165, 1.54) is 13.2 Å². The number of nitrogens with zero attached hydrogens (tertiary/aromatic N) is 3. The molecule has 2 aromatic rings. The van der Waals surface area contributed by atoms with Crippen LogP contribution in [0.3, 0.4) is 0 Å². The maximum absolute atomic E-state index is 12.0. The average Bonchev–Trinajstić information content (AvgIpc) is 2.97. The Morgan fingerprint density at radius 1 is 1.37 bits per heavy atom. The van der Waals surface area contributed by atoms with Crippen molar-refractivity contribution in [3.63, 3.8) is 0 Å². The van der Waals surface area contributed by atoms with E-state index in [-0.39, 0.29) is 11.4 Å². The van der Waals surface area contributed by atoms with Gasteiger partial charge in [0.05, 0.1) is 29.3 Å². The first-order valence-corrected chi connectivity index (χ1v) is 8.37. The van der Waals surface area contributed by atoms with Crippen LogP contribution in [0, 0.1) is 10.1 Å². The predicted molar refractivity (Wildman–Crippen MR) is 99.6 cm³/mol. The van der Waals surface area contributed by atoms with Gasteiger partial charge in [0.1, 0.15) is 5.60 Å². The molecular formula is C18H24N4O5. The number of aromatic nitrogens is 2. The van der Waals surface area contributed by atoms with E-state index in [4.69, 9.17) is 9.47 Å². The molecule has 1 unspecified atom stereocenters. The Kier molecular flexibility index (Phi) is 5.72. The Labute approximate surface area is 157 Å². The lowest BCUT2D eigenvalue weighted by molar-refractivity contribution is -0.385. The molecule has 0 spiro atoms. The number of ether oxygens (including phenoxy) is 2. The van der Waals surface area contributed by atoms with Gasteiger partial charge in [-0.15, -0.1) is 0 Å². The molecule has 1 amide bonds. The largest absolute Gasteiger partial charge is 0.490 e. The fourth-order valence-electron chi connectivity index (χ4n) is 2.55. The molecule has 2 rings (SSSR count). The number of hydrogen-bond donors (Lipinski definition) is 1. The van der Waals surface area contributed by atoms with Gasteiger partial charge < -0.3 is 14.8 Å². The number of alkyl carbamates (subject to hydrolysis) is 1. The second kappa shape index (κ2) is 7.65. The molecule has 1 heterocycles. The zero-order chi connectivity index (χ0) is 20.4. The average molecular weight is 376 g/mol. The first-order chi connectivity index (χ1) is 12.5. The minimum absolute atomic E-state index is 0.118. The molecule has 0 fully saturated rings. The topological polar surface area (TPSA) is 109 Å². The summed E-state index contributed by atoms with van der Waals surface area (Å²) in [4.78, 5) is 23.1. The summed E-state index contributed by atoms with van der Waals surface area (Å²) in [6.45, 7) is 7.00. The summed E-state index contributed by atoms with van der Waals surface area (Å²) in [6.07, 6.45) is 1.13. The number of hydrogen-bond acceptors (Lipinski definition) is 6. The SMILES string of the molecule is COc1c(-c2ccn(C)n2)cc(C(C)NC(=O)OC(C)(C)C)cc1[N+](=O)[O-]. The summed E-state index contributed by atoms with van der Waals surface area (Å²) >= 11 is 0. The van der Waals surface area contributed by atoms with Crippen LogP contribution >= 0.6 is 0 Å². The number of nitro benzene ring substituents is 1. The third-order valence-corrected chi connectivity index (χ3v) is 3.72. The monoisotopic (exact) mass is 376 g/mol. The number of carbonyl (C=O) groups is 1. The molecule has 0 aliphatic carbocycles. The van der Waals surface area contributed by atoms with Gasteiger partial charge in [0, 0.05) is 19.3 Å². The van der Waals surface area contributed by atoms with Crippen molar-refractivity contribution in [1.29, 1.82) is 0 Å². The summed E-state index contributed by atoms with van der Waals surface area (Å²) in [7, 11) is 3.12. The number of methoxy groups -OCH3 is 1. The molecule has 0 saturated carbocycles. The maximum Gasteiger partial charge on any atom is 0.408 e. The highest BCUT2D eigenvalue weighted by molar-refractivity contribution is 5.75. The van der Waals surface area contributed by atoms with E-state index in [0.29, 0.717) is 16.8 Å². The lowest BCUT2D eigenvalue weighted by atomic mass is 10.0. The molecule has 27 heavy (non-hydrogen) atoms. The number of nitrogens with one attached hydrogen (secondary N) is 1. The van der Waals surface area contributed by atoms with Crippen molar-refractivity contribution in [3.8, 4) is 17.0 Å². The van der Waals surface area contributed by atoms with Gasteiger partial charge in [-0.2, -0.15) is 5.10 Å². The van der Waals surface area contributed by atoms with Crippen LogP contribution in [0.5, 0.6) is 5.75 Å². The fourth-order valence-corrected chi connectivity index (χ4v) is 2.55. The summed E-state index contributed by atoms with van der Waals surface area (Å²) in [5.41, 5.74) is 0.695. The maximum atomic E-state index is 12.0. The zero-order valence-corrected chi connectivity index (χ0v) is 16.3. The van der Waals surface area contributed by atoms with E-state index in [1.54, 1.807) is 57.8 Å². The van der Waals surface area contributed by atoms with Crippen LogP contribution in [0.1, 0.15) is 39.3 Å². The van der Waals surface area contributed by atoms with Crippen LogP contribution in [0.15, 0.2) is 24.4 Å². The first kappa shape index (κ1) is 20.2. The standard InChI is InChI=1S/C18H24N4O5/c1-11(19-17(23)27-18(2,3)4)12-9-13(14-7-8-21(5)20-14)16(26-6)15(10-12)22(24)25/h7-11H,1-6H3,(H,19,23). The van der Waals surface area contributed by atoms with Crippen LogP contribution in [0.2, 0.25) is 0 Å². The Morgan fingerprint density at radius 3 is 2.52 bits per heavy atom. The molecule has 1 N–H and O–H groups in total. The number of carbonyl (C=O) groups excluding carboxylic acids is 1. The number of amides is 1. The predicted octanol–water partition coefficient (Wildman–Crippen LogP) is 3.59. The van der Waals surface area contributed by atoms with E-state index in [1.807, 2.05) is 0 Å². The van der Waals surface area contributed by atoms with Crippen LogP contribution in [0.4, 0.5) is 10.5 Å². The summed E-state index contributed by atoms with van der Waals surface area (Å²) in [6, 6.07) is 4.31. The lowest BCUT2D eigenvalue weighted by Gasteiger charge is -2.22. The highest BCUT2D eigenvalue weighted by Gasteiger charge is 2.26. The van der Waals surface area contributed by atoms with Crippen molar-refractivity contribution in [3.05, 3.63) is 40.1 Å². The van der Waals surface area contributed by atoms with Gasteiger partial charge >= 0.3 is 11.8 Å². The molecule has 146 valence electrons. The molecule has 9 heteroatoms. The number of benzene rings is 1. The summed E-state index contributed by atoms with van der Waals surface area (Å²) in [5, 5.41) is 18.5. The third-order valence-electron chi connectivity index (χ3n) is 3.72. The number of rotatable bonds is 5. The molecule has 9 nitrogen and oxygen atoms in total. The van der Waals surface area contributed by atoms with Crippen molar-refractivity contribution in [2.45, 2.75) is 39.3 Å². The Hall–Kier alpha value is -3.10. The minimum atomic E-state index is -0.644. The quantitative estimate of drug-likeness (QED) is 0.631. The van der Waals surface area contributed by atoms with Gasteiger partial charge in [0.25, 0.3) is 0 Å². The molecular weight excluding hydrogens is 352 g/mol. The van der Waals surface area contributed by atoms with E-state index in [2.05, 4.69) is 10.4 Å². The van der Waals surface area contributed by atoms with Crippen LogP contribution in [-0.4, -0.2) is 33.5 Å². The lowest BCUT2D eigenvalue weighted by Crippen LogP contribution is -2.34. The van der Waals surface area contributed by atoms with Crippen LogP contribution < -0.4 is 10.1 Å². The molecule has 1 aromatic carbocycles. The van der Waals surface area contributed by atoms with E-state index >= 15 is 0 Å². The highest BCUT2D eigenvalue weighted by Crippen LogP contribution is 2.39. The number of aryl methyl sites for hydroxylation is 1. The van der Waals surface area contributed by atoms with Gasteiger partial charge in [-0.1, -0.05) is 0 Å². The summed E-state index contributed by atoms with van der Waals surface area (Å²) in [5.74, 6) is 0.118. The molecule has 0 aliphatic rings.